The van der Waals surface area contributed by atoms with Gasteiger partial charge in [0.25, 0.3) is 5.91 Å². The Hall–Kier alpha value is -3.91. The smallest absolute Gasteiger partial charge is 0.280 e. The van der Waals surface area contributed by atoms with Gasteiger partial charge < -0.3 is 14.2 Å². The van der Waals surface area contributed by atoms with Crippen LogP contribution < -0.4 is 19.2 Å². The summed E-state index contributed by atoms with van der Waals surface area (Å²) in [5.74, 6) is 1.65. The molecule has 0 radical (unpaired) electrons. The lowest BCUT2D eigenvalue weighted by Gasteiger charge is -2.20. The molecule has 0 saturated heterocycles. The van der Waals surface area contributed by atoms with Gasteiger partial charge in [-0.3, -0.25) is 4.79 Å². The fraction of sp³-hybridized carbons (Fsp3) is 0.192. The maximum atomic E-state index is 13.6. The summed E-state index contributed by atoms with van der Waals surface area (Å²) < 4.78 is 17.7. The van der Waals surface area contributed by atoms with Crippen molar-refractivity contribution in [1.82, 2.24) is 4.98 Å². The lowest BCUT2D eigenvalue weighted by Crippen LogP contribution is -2.26. The molecule has 0 bridgehead atoms. The summed E-state index contributed by atoms with van der Waals surface area (Å²) in [4.78, 5) is 18.3. The van der Waals surface area contributed by atoms with E-state index >= 15 is 0 Å². The number of amides is 1. The van der Waals surface area contributed by atoms with Crippen LogP contribution >= 0.6 is 11.3 Å². The van der Waals surface area contributed by atoms with Crippen LogP contribution in [-0.4, -0.2) is 36.9 Å². The Balaban J connectivity index is 1.51. The molecular weight excluding hydrogens is 450 g/mol. The van der Waals surface area contributed by atoms with Gasteiger partial charge in [0.05, 0.1) is 23.0 Å². The largest absolute Gasteiger partial charge is 0.494 e. The molecule has 1 aliphatic heterocycles. The number of ether oxygens (including phenoxy) is 3. The first-order chi connectivity index (χ1) is 16.6. The highest BCUT2D eigenvalue weighted by atomic mass is 32.1. The molecule has 1 aromatic heterocycles. The van der Waals surface area contributed by atoms with Gasteiger partial charge in [-0.15, -0.1) is 0 Å². The fourth-order valence-electron chi connectivity index (χ4n) is 3.54. The van der Waals surface area contributed by atoms with Gasteiger partial charge in [0.1, 0.15) is 19.0 Å². The second-order valence-corrected chi connectivity index (χ2v) is 8.70. The van der Waals surface area contributed by atoms with Crippen molar-refractivity contribution < 1.29 is 19.0 Å². The third-order valence-electron chi connectivity index (χ3n) is 5.21. The molecule has 7 nitrogen and oxygen atoms in total. The lowest BCUT2D eigenvalue weighted by atomic mass is 10.2. The lowest BCUT2D eigenvalue weighted by molar-refractivity contribution is 0.0986. The van der Waals surface area contributed by atoms with E-state index in [-0.39, 0.29) is 5.91 Å². The number of anilines is 1. The van der Waals surface area contributed by atoms with Crippen molar-refractivity contribution in [3.05, 3.63) is 77.4 Å². The molecule has 0 saturated carbocycles. The number of benzene rings is 3. The third-order valence-corrected chi connectivity index (χ3v) is 6.20. The second kappa shape index (κ2) is 9.52. The normalized spacial score (nSPS) is 12.8. The summed E-state index contributed by atoms with van der Waals surface area (Å²) in [5.41, 5.74) is 3.22. The first-order valence-corrected chi connectivity index (χ1v) is 11.8. The number of carbonyl (C=O) groups excluding carboxylic acids is 1. The number of carbonyl (C=O) groups is 1. The summed E-state index contributed by atoms with van der Waals surface area (Å²) in [6.45, 7) is 5.50. The summed E-state index contributed by atoms with van der Waals surface area (Å²) in [6.07, 6.45) is 1.64. The number of aromatic nitrogens is 1. The standard InChI is InChI=1S/C26H23N3O4S/c1-3-31-20-8-5-18(6-9-20)16-27-29(26-28-21-10-4-17(2)14-24(21)34-26)25(30)19-7-11-22-23(15-19)33-13-12-32-22/h4-11,14-16H,3,12-13H2,1-2H3/b27-16+. The maximum Gasteiger partial charge on any atom is 0.280 e. The van der Waals surface area contributed by atoms with E-state index in [1.807, 2.05) is 50.2 Å². The molecule has 0 N–H and O–H groups in total. The summed E-state index contributed by atoms with van der Waals surface area (Å²) >= 11 is 1.42. The first-order valence-electron chi connectivity index (χ1n) is 11.0. The summed E-state index contributed by atoms with van der Waals surface area (Å²) in [5, 5.41) is 6.36. The Kier molecular flexibility index (Phi) is 6.14. The maximum absolute atomic E-state index is 13.6. The van der Waals surface area contributed by atoms with Crippen LogP contribution in [0.15, 0.2) is 65.8 Å². The van der Waals surface area contributed by atoms with Crippen LogP contribution in [0.2, 0.25) is 0 Å². The summed E-state index contributed by atoms with van der Waals surface area (Å²) in [6, 6.07) is 18.7. The van der Waals surface area contributed by atoms with E-state index in [1.165, 1.54) is 16.3 Å². The van der Waals surface area contributed by atoms with Gasteiger partial charge in [-0.1, -0.05) is 17.4 Å². The van der Waals surface area contributed by atoms with E-state index in [0.717, 1.165) is 27.1 Å². The highest BCUT2D eigenvalue weighted by Crippen LogP contribution is 2.34. The van der Waals surface area contributed by atoms with E-state index < -0.39 is 0 Å². The topological polar surface area (TPSA) is 73.2 Å². The van der Waals surface area contributed by atoms with Crippen molar-refractivity contribution in [3.63, 3.8) is 0 Å². The van der Waals surface area contributed by atoms with Crippen LogP contribution in [0, 0.1) is 6.92 Å². The average Bonchev–Trinajstić information content (AvgIpc) is 3.27. The van der Waals surface area contributed by atoms with Crippen LogP contribution in [0.25, 0.3) is 10.2 Å². The zero-order valence-corrected chi connectivity index (χ0v) is 19.7. The van der Waals surface area contributed by atoms with Crippen molar-refractivity contribution >= 4 is 38.8 Å². The minimum absolute atomic E-state index is 0.310. The van der Waals surface area contributed by atoms with E-state index in [2.05, 4.69) is 16.2 Å². The molecule has 3 aromatic carbocycles. The SMILES string of the molecule is CCOc1ccc(/C=N/N(C(=O)c2ccc3c(c2)OCCO3)c2nc3ccc(C)cc3s2)cc1. The number of thiazole rings is 1. The van der Waals surface area contributed by atoms with Gasteiger partial charge in [-0.25, -0.2) is 4.98 Å². The number of hydrogen-bond donors (Lipinski definition) is 0. The molecule has 0 spiro atoms. The molecule has 0 atom stereocenters. The van der Waals surface area contributed by atoms with Crippen LogP contribution in [0.1, 0.15) is 28.4 Å². The molecule has 8 heteroatoms. The monoisotopic (exact) mass is 473 g/mol. The number of fused-ring (bicyclic) bond motifs is 2. The van der Waals surface area contributed by atoms with Crippen molar-refractivity contribution in [2.24, 2.45) is 5.10 Å². The molecule has 2 heterocycles. The molecule has 172 valence electrons. The van der Waals surface area contributed by atoms with Gasteiger partial charge >= 0.3 is 0 Å². The molecule has 1 amide bonds. The zero-order valence-electron chi connectivity index (χ0n) is 18.9. The Bertz CT molecular complexity index is 1360. The Morgan fingerprint density at radius 3 is 2.68 bits per heavy atom. The van der Waals surface area contributed by atoms with E-state index in [4.69, 9.17) is 14.2 Å². The van der Waals surface area contributed by atoms with Crippen molar-refractivity contribution in [3.8, 4) is 17.2 Å². The minimum Gasteiger partial charge on any atom is -0.494 e. The predicted octanol–water partition coefficient (Wildman–Crippen LogP) is 5.46. The Labute approximate surface area is 201 Å². The second-order valence-electron chi connectivity index (χ2n) is 7.69. The van der Waals surface area contributed by atoms with E-state index in [1.54, 1.807) is 24.4 Å². The molecule has 0 fully saturated rings. The third kappa shape index (κ3) is 4.58. The first kappa shape index (κ1) is 21.9. The molecule has 5 rings (SSSR count). The van der Waals surface area contributed by atoms with E-state index in [0.29, 0.717) is 42.0 Å². The molecule has 0 unspecified atom stereocenters. The molecule has 4 aromatic rings. The predicted molar refractivity (Wildman–Crippen MR) is 134 cm³/mol. The zero-order chi connectivity index (χ0) is 23.5. The number of hydrazone groups is 1. The molecule has 0 aliphatic carbocycles. The van der Waals surface area contributed by atoms with E-state index in [9.17, 15) is 4.79 Å². The van der Waals surface area contributed by atoms with Crippen molar-refractivity contribution in [2.45, 2.75) is 13.8 Å². The Morgan fingerprint density at radius 1 is 1.09 bits per heavy atom. The quantitative estimate of drug-likeness (QED) is 0.275. The summed E-state index contributed by atoms with van der Waals surface area (Å²) in [7, 11) is 0. The minimum atomic E-state index is -0.310. The highest BCUT2D eigenvalue weighted by molar-refractivity contribution is 7.22. The van der Waals surface area contributed by atoms with Gasteiger partial charge in [-0.2, -0.15) is 10.1 Å². The molecular formula is C26H23N3O4S. The molecule has 1 aliphatic rings. The van der Waals surface area contributed by atoms with Crippen LogP contribution in [-0.2, 0) is 0 Å². The fourth-order valence-corrected chi connectivity index (χ4v) is 4.56. The van der Waals surface area contributed by atoms with Crippen molar-refractivity contribution in [1.29, 1.82) is 0 Å². The average molecular weight is 474 g/mol. The molecule has 34 heavy (non-hydrogen) atoms. The number of rotatable bonds is 6. The number of nitrogens with zero attached hydrogens (tertiary/aromatic N) is 3. The number of aryl methyl sites for hydroxylation is 1. The van der Waals surface area contributed by atoms with Gasteiger partial charge in [0.2, 0.25) is 5.13 Å². The van der Waals surface area contributed by atoms with Gasteiger partial charge in [-0.05, 0) is 79.6 Å². The van der Waals surface area contributed by atoms with Gasteiger partial charge in [0.15, 0.2) is 11.5 Å². The Morgan fingerprint density at radius 2 is 1.88 bits per heavy atom. The van der Waals surface area contributed by atoms with Crippen LogP contribution in [0.4, 0.5) is 5.13 Å². The van der Waals surface area contributed by atoms with Gasteiger partial charge in [0, 0.05) is 5.56 Å². The highest BCUT2D eigenvalue weighted by Gasteiger charge is 2.23. The van der Waals surface area contributed by atoms with Crippen molar-refractivity contribution in [2.75, 3.05) is 24.8 Å². The number of hydrogen-bond acceptors (Lipinski definition) is 7. The van der Waals surface area contributed by atoms with Crippen LogP contribution in [0.3, 0.4) is 0 Å². The van der Waals surface area contributed by atoms with Crippen LogP contribution in [0.5, 0.6) is 17.2 Å².